The van der Waals surface area contributed by atoms with Crippen molar-refractivity contribution in [2.24, 2.45) is 0 Å². The lowest BCUT2D eigenvalue weighted by atomic mass is 10.3. The SMILES string of the molecule is C[C@@H](Nc1nc(Cl)ncc1Br)C(=O)O. The molecular formula is C7H7BrClN3O2. The molecule has 0 unspecified atom stereocenters. The van der Waals surface area contributed by atoms with Gasteiger partial charge in [-0.25, -0.2) is 4.98 Å². The smallest absolute Gasteiger partial charge is 0.325 e. The third-order valence-corrected chi connectivity index (χ3v) is 2.20. The number of carbonyl (C=O) groups is 1. The van der Waals surface area contributed by atoms with Gasteiger partial charge in [-0.3, -0.25) is 4.79 Å². The van der Waals surface area contributed by atoms with Crippen molar-refractivity contribution in [2.45, 2.75) is 13.0 Å². The van der Waals surface area contributed by atoms with Crippen LogP contribution in [-0.4, -0.2) is 27.1 Å². The van der Waals surface area contributed by atoms with Crippen LogP contribution in [0.25, 0.3) is 0 Å². The molecule has 0 aliphatic rings. The fraction of sp³-hybridized carbons (Fsp3) is 0.286. The molecule has 0 bridgehead atoms. The molecule has 0 saturated carbocycles. The summed E-state index contributed by atoms with van der Waals surface area (Å²) in [5, 5.41) is 11.4. The highest BCUT2D eigenvalue weighted by molar-refractivity contribution is 9.10. The molecule has 14 heavy (non-hydrogen) atoms. The number of aliphatic carboxylic acids is 1. The Balaban J connectivity index is 2.85. The number of anilines is 1. The summed E-state index contributed by atoms with van der Waals surface area (Å²) in [6.07, 6.45) is 1.45. The standard InChI is InChI=1S/C7H7BrClN3O2/c1-3(6(13)14)11-5-4(8)2-10-7(9)12-5/h2-3H,1H3,(H,13,14)(H,10,11,12)/t3-/m1/s1. The van der Waals surface area contributed by atoms with Crippen molar-refractivity contribution in [3.63, 3.8) is 0 Å². The van der Waals surface area contributed by atoms with Gasteiger partial charge in [-0.1, -0.05) is 0 Å². The fourth-order valence-electron chi connectivity index (χ4n) is 0.714. The largest absolute Gasteiger partial charge is 0.480 e. The average Bonchev–Trinajstić information content (AvgIpc) is 2.11. The highest BCUT2D eigenvalue weighted by Gasteiger charge is 2.13. The van der Waals surface area contributed by atoms with Crippen molar-refractivity contribution >= 4 is 39.3 Å². The van der Waals surface area contributed by atoms with Gasteiger partial charge in [-0.05, 0) is 34.5 Å². The summed E-state index contributed by atoms with van der Waals surface area (Å²) >= 11 is 8.72. The van der Waals surface area contributed by atoms with Crippen LogP contribution in [0.4, 0.5) is 5.82 Å². The highest BCUT2D eigenvalue weighted by atomic mass is 79.9. The third-order valence-electron chi connectivity index (χ3n) is 1.44. The first-order chi connectivity index (χ1) is 6.50. The van der Waals surface area contributed by atoms with Gasteiger partial charge in [0.2, 0.25) is 5.28 Å². The number of halogens is 2. The number of rotatable bonds is 3. The van der Waals surface area contributed by atoms with E-state index in [1.165, 1.54) is 13.1 Å². The first kappa shape index (κ1) is 11.2. The van der Waals surface area contributed by atoms with E-state index in [0.717, 1.165) is 0 Å². The van der Waals surface area contributed by atoms with Gasteiger partial charge in [-0.2, -0.15) is 4.98 Å². The van der Waals surface area contributed by atoms with E-state index in [-0.39, 0.29) is 5.28 Å². The number of nitrogens with one attached hydrogen (secondary N) is 1. The Morgan fingerprint density at radius 2 is 2.43 bits per heavy atom. The Kier molecular flexibility index (Phi) is 3.65. The van der Waals surface area contributed by atoms with Crippen molar-refractivity contribution in [1.29, 1.82) is 0 Å². The number of hydrogen-bond donors (Lipinski definition) is 2. The first-order valence-electron chi connectivity index (χ1n) is 3.68. The number of nitrogens with zero attached hydrogens (tertiary/aromatic N) is 2. The van der Waals surface area contributed by atoms with E-state index in [1.807, 2.05) is 0 Å². The molecule has 2 N–H and O–H groups in total. The van der Waals surface area contributed by atoms with E-state index in [2.05, 4.69) is 31.2 Å². The second kappa shape index (κ2) is 4.56. The molecule has 1 aromatic heterocycles. The maximum atomic E-state index is 10.5. The molecule has 0 fully saturated rings. The van der Waals surface area contributed by atoms with Crippen LogP contribution in [0.15, 0.2) is 10.7 Å². The summed E-state index contributed by atoms with van der Waals surface area (Å²) in [7, 11) is 0. The minimum atomic E-state index is -0.966. The minimum Gasteiger partial charge on any atom is -0.480 e. The van der Waals surface area contributed by atoms with Gasteiger partial charge in [0.1, 0.15) is 11.9 Å². The summed E-state index contributed by atoms with van der Waals surface area (Å²) in [5.41, 5.74) is 0. The van der Waals surface area contributed by atoms with E-state index in [9.17, 15) is 4.79 Å². The molecule has 0 amide bonds. The van der Waals surface area contributed by atoms with Gasteiger partial charge in [0.05, 0.1) is 4.47 Å². The van der Waals surface area contributed by atoms with E-state index in [0.29, 0.717) is 10.3 Å². The van der Waals surface area contributed by atoms with E-state index in [4.69, 9.17) is 16.7 Å². The maximum absolute atomic E-state index is 10.5. The lowest BCUT2D eigenvalue weighted by Gasteiger charge is -2.10. The number of aromatic nitrogens is 2. The van der Waals surface area contributed by atoms with Gasteiger partial charge >= 0.3 is 5.97 Å². The van der Waals surface area contributed by atoms with Crippen LogP contribution in [0.2, 0.25) is 5.28 Å². The van der Waals surface area contributed by atoms with Crippen LogP contribution >= 0.6 is 27.5 Å². The molecule has 0 radical (unpaired) electrons. The monoisotopic (exact) mass is 279 g/mol. The molecule has 0 spiro atoms. The van der Waals surface area contributed by atoms with Crippen LogP contribution in [0.1, 0.15) is 6.92 Å². The lowest BCUT2D eigenvalue weighted by molar-refractivity contribution is -0.137. The maximum Gasteiger partial charge on any atom is 0.325 e. The Hall–Kier alpha value is -0.880. The number of carboxylic acid groups (broad SMARTS) is 1. The zero-order chi connectivity index (χ0) is 10.7. The summed E-state index contributed by atoms with van der Waals surface area (Å²) in [6.45, 7) is 1.50. The predicted molar refractivity (Wildman–Crippen MR) is 55.5 cm³/mol. The summed E-state index contributed by atoms with van der Waals surface area (Å²) in [5.74, 6) is -0.605. The normalized spacial score (nSPS) is 12.2. The van der Waals surface area contributed by atoms with Crippen molar-refractivity contribution in [3.8, 4) is 0 Å². The minimum absolute atomic E-state index is 0.0632. The Morgan fingerprint density at radius 3 is 3.00 bits per heavy atom. The third kappa shape index (κ3) is 2.81. The van der Waals surface area contributed by atoms with E-state index >= 15 is 0 Å². The van der Waals surface area contributed by atoms with Crippen LogP contribution in [-0.2, 0) is 4.79 Å². The van der Waals surface area contributed by atoms with E-state index in [1.54, 1.807) is 0 Å². The molecule has 0 aliphatic heterocycles. The zero-order valence-corrected chi connectivity index (χ0v) is 9.50. The number of carboxylic acids is 1. The molecule has 0 saturated heterocycles. The zero-order valence-electron chi connectivity index (χ0n) is 7.16. The van der Waals surface area contributed by atoms with Crippen molar-refractivity contribution in [3.05, 3.63) is 16.0 Å². The Labute approximate surface area is 93.6 Å². The molecule has 0 aromatic carbocycles. The molecule has 1 heterocycles. The molecule has 0 aliphatic carbocycles. The topological polar surface area (TPSA) is 75.1 Å². The quantitative estimate of drug-likeness (QED) is 0.826. The average molecular weight is 281 g/mol. The van der Waals surface area contributed by atoms with Gasteiger partial charge < -0.3 is 10.4 Å². The van der Waals surface area contributed by atoms with Gasteiger partial charge in [-0.15, -0.1) is 0 Å². The van der Waals surface area contributed by atoms with Crippen molar-refractivity contribution in [1.82, 2.24) is 9.97 Å². The van der Waals surface area contributed by atoms with Gasteiger partial charge in [0, 0.05) is 6.20 Å². The predicted octanol–water partition coefficient (Wildman–Crippen LogP) is 1.78. The Bertz CT molecular complexity index is 361. The number of hydrogen-bond acceptors (Lipinski definition) is 4. The highest BCUT2D eigenvalue weighted by Crippen LogP contribution is 2.20. The van der Waals surface area contributed by atoms with Crippen molar-refractivity contribution in [2.75, 3.05) is 5.32 Å². The summed E-state index contributed by atoms with van der Waals surface area (Å²) in [6, 6.07) is -0.739. The van der Waals surface area contributed by atoms with Crippen LogP contribution in [0.3, 0.4) is 0 Å². The molecule has 5 nitrogen and oxygen atoms in total. The van der Waals surface area contributed by atoms with Crippen LogP contribution in [0.5, 0.6) is 0 Å². The summed E-state index contributed by atoms with van der Waals surface area (Å²) < 4.78 is 0.565. The first-order valence-corrected chi connectivity index (χ1v) is 4.85. The fourth-order valence-corrected chi connectivity index (χ4v) is 1.15. The van der Waals surface area contributed by atoms with Crippen LogP contribution < -0.4 is 5.32 Å². The van der Waals surface area contributed by atoms with Gasteiger partial charge in [0.15, 0.2) is 0 Å². The second-order valence-electron chi connectivity index (χ2n) is 2.54. The second-order valence-corrected chi connectivity index (χ2v) is 3.73. The Morgan fingerprint density at radius 1 is 1.79 bits per heavy atom. The van der Waals surface area contributed by atoms with E-state index < -0.39 is 12.0 Å². The molecular weight excluding hydrogens is 273 g/mol. The summed E-state index contributed by atoms with van der Waals surface area (Å²) in [4.78, 5) is 18.1. The van der Waals surface area contributed by atoms with Crippen molar-refractivity contribution < 1.29 is 9.90 Å². The molecule has 1 atom stereocenters. The molecule has 7 heteroatoms. The molecule has 1 rings (SSSR count). The lowest BCUT2D eigenvalue weighted by Crippen LogP contribution is -2.26. The molecule has 1 aromatic rings. The van der Waals surface area contributed by atoms with Gasteiger partial charge in [0.25, 0.3) is 0 Å². The molecule has 76 valence electrons. The van der Waals surface area contributed by atoms with Crippen LogP contribution in [0, 0.1) is 0 Å².